The van der Waals surface area contributed by atoms with Gasteiger partial charge >= 0.3 is 0 Å². The van der Waals surface area contributed by atoms with Gasteiger partial charge in [0.15, 0.2) is 0 Å². The van der Waals surface area contributed by atoms with Crippen LogP contribution in [0.25, 0.3) is 0 Å². The Kier molecular flexibility index (Phi) is 2.85. The Balaban J connectivity index is 2.13. The van der Waals surface area contributed by atoms with Crippen LogP contribution in [0, 0.1) is 5.92 Å². The Hall–Kier alpha value is -1.18. The van der Waals surface area contributed by atoms with Crippen molar-refractivity contribution in [3.63, 3.8) is 0 Å². The molecule has 0 atom stereocenters. The summed E-state index contributed by atoms with van der Waals surface area (Å²) in [5, 5.41) is 9.42. The van der Waals surface area contributed by atoms with E-state index in [0.717, 1.165) is 18.3 Å². The highest BCUT2D eigenvalue weighted by Gasteiger charge is 2.22. The summed E-state index contributed by atoms with van der Waals surface area (Å²) in [5.74, 6) is 2.30. The summed E-state index contributed by atoms with van der Waals surface area (Å²) in [7, 11) is 0. The summed E-state index contributed by atoms with van der Waals surface area (Å²) < 4.78 is 5.74. The van der Waals surface area contributed by atoms with E-state index in [1.54, 1.807) is 12.1 Å². The summed E-state index contributed by atoms with van der Waals surface area (Å²) in [4.78, 5) is 0. The highest BCUT2D eigenvalue weighted by molar-refractivity contribution is 5.41. The standard InChI is InChI=1S/C13H18O2/c1-9(2)12-6-5-11(14)7-13(12)15-8-10-3-4-10/h5-7,9-10,14H,3-4,8H2,1-2H3. The molecule has 0 amide bonds. The van der Waals surface area contributed by atoms with Crippen LogP contribution in [0.3, 0.4) is 0 Å². The molecule has 0 unspecified atom stereocenters. The molecule has 1 aliphatic carbocycles. The van der Waals surface area contributed by atoms with Crippen molar-refractivity contribution in [3.05, 3.63) is 23.8 Å². The minimum Gasteiger partial charge on any atom is -0.508 e. The third kappa shape index (κ3) is 2.65. The quantitative estimate of drug-likeness (QED) is 0.819. The van der Waals surface area contributed by atoms with Crippen molar-refractivity contribution >= 4 is 0 Å². The van der Waals surface area contributed by atoms with Crippen LogP contribution >= 0.6 is 0 Å². The first-order valence-electron chi connectivity index (χ1n) is 5.62. The summed E-state index contributed by atoms with van der Waals surface area (Å²) in [6.07, 6.45) is 2.58. The molecule has 1 aromatic rings. The number of hydrogen-bond acceptors (Lipinski definition) is 2. The molecule has 0 bridgehead atoms. The molecular formula is C13H18O2. The highest BCUT2D eigenvalue weighted by atomic mass is 16.5. The van der Waals surface area contributed by atoms with Gasteiger partial charge in [-0.1, -0.05) is 19.9 Å². The second kappa shape index (κ2) is 4.13. The van der Waals surface area contributed by atoms with Gasteiger partial charge in [-0.25, -0.2) is 0 Å². The molecule has 1 aromatic carbocycles. The fraction of sp³-hybridized carbons (Fsp3) is 0.538. The van der Waals surface area contributed by atoms with Gasteiger partial charge in [-0.3, -0.25) is 0 Å². The van der Waals surface area contributed by atoms with Gasteiger partial charge in [0.1, 0.15) is 11.5 Å². The topological polar surface area (TPSA) is 29.5 Å². The minimum absolute atomic E-state index is 0.283. The predicted molar refractivity (Wildman–Crippen MR) is 60.4 cm³/mol. The van der Waals surface area contributed by atoms with Crippen LogP contribution in [-0.2, 0) is 0 Å². The van der Waals surface area contributed by atoms with Gasteiger partial charge in [0.05, 0.1) is 6.61 Å². The van der Waals surface area contributed by atoms with Gasteiger partial charge in [-0.15, -0.1) is 0 Å². The van der Waals surface area contributed by atoms with Crippen molar-refractivity contribution in [2.45, 2.75) is 32.6 Å². The summed E-state index contributed by atoms with van der Waals surface area (Å²) in [5.41, 5.74) is 1.17. The van der Waals surface area contributed by atoms with Crippen LogP contribution in [0.4, 0.5) is 0 Å². The maximum absolute atomic E-state index is 9.42. The average Bonchev–Trinajstić information content (AvgIpc) is 2.97. The zero-order chi connectivity index (χ0) is 10.8. The number of rotatable bonds is 4. The monoisotopic (exact) mass is 206 g/mol. The van der Waals surface area contributed by atoms with Gasteiger partial charge in [0.2, 0.25) is 0 Å². The van der Waals surface area contributed by atoms with E-state index in [1.165, 1.54) is 18.4 Å². The normalized spacial score (nSPS) is 15.7. The van der Waals surface area contributed by atoms with E-state index in [0.29, 0.717) is 5.92 Å². The minimum atomic E-state index is 0.283. The number of aromatic hydroxyl groups is 1. The second-order valence-electron chi connectivity index (χ2n) is 4.63. The molecular weight excluding hydrogens is 188 g/mol. The number of phenols is 1. The van der Waals surface area contributed by atoms with E-state index in [9.17, 15) is 5.11 Å². The van der Waals surface area contributed by atoms with Crippen LogP contribution in [0.15, 0.2) is 18.2 Å². The zero-order valence-corrected chi connectivity index (χ0v) is 9.36. The predicted octanol–water partition coefficient (Wildman–Crippen LogP) is 3.30. The van der Waals surface area contributed by atoms with Crippen molar-refractivity contribution in [3.8, 4) is 11.5 Å². The van der Waals surface area contributed by atoms with Crippen LogP contribution in [0.1, 0.15) is 38.2 Å². The van der Waals surface area contributed by atoms with Crippen molar-refractivity contribution in [1.29, 1.82) is 0 Å². The fourth-order valence-corrected chi connectivity index (χ4v) is 1.62. The van der Waals surface area contributed by atoms with E-state index >= 15 is 0 Å². The molecule has 0 aliphatic heterocycles. The Morgan fingerprint density at radius 2 is 2.13 bits per heavy atom. The van der Waals surface area contributed by atoms with E-state index in [-0.39, 0.29) is 5.75 Å². The third-order valence-corrected chi connectivity index (χ3v) is 2.79. The maximum atomic E-state index is 9.42. The Bertz CT molecular complexity index is 340. The molecule has 0 aromatic heterocycles. The van der Waals surface area contributed by atoms with E-state index in [4.69, 9.17) is 4.74 Å². The SMILES string of the molecule is CC(C)c1ccc(O)cc1OCC1CC1. The van der Waals surface area contributed by atoms with E-state index in [2.05, 4.69) is 13.8 Å². The smallest absolute Gasteiger partial charge is 0.126 e. The average molecular weight is 206 g/mol. The van der Waals surface area contributed by atoms with E-state index in [1.807, 2.05) is 6.07 Å². The maximum Gasteiger partial charge on any atom is 0.126 e. The lowest BCUT2D eigenvalue weighted by atomic mass is 10.0. The molecule has 0 heterocycles. The van der Waals surface area contributed by atoms with Crippen LogP contribution in [0.2, 0.25) is 0 Å². The number of hydrogen-bond donors (Lipinski definition) is 1. The molecule has 0 radical (unpaired) electrons. The third-order valence-electron chi connectivity index (χ3n) is 2.79. The largest absolute Gasteiger partial charge is 0.508 e. The van der Waals surface area contributed by atoms with Gasteiger partial charge in [0, 0.05) is 6.07 Å². The summed E-state index contributed by atoms with van der Waals surface area (Å²) in [6.45, 7) is 5.07. The van der Waals surface area contributed by atoms with Gasteiger partial charge < -0.3 is 9.84 Å². The molecule has 2 heteroatoms. The molecule has 15 heavy (non-hydrogen) atoms. The molecule has 1 aliphatic rings. The summed E-state index contributed by atoms with van der Waals surface area (Å²) in [6, 6.07) is 5.39. The van der Waals surface area contributed by atoms with Crippen LogP contribution in [0.5, 0.6) is 11.5 Å². The highest BCUT2D eigenvalue weighted by Crippen LogP contribution is 2.33. The zero-order valence-electron chi connectivity index (χ0n) is 9.36. The first kappa shape index (κ1) is 10.3. The van der Waals surface area contributed by atoms with Crippen molar-refractivity contribution in [2.75, 3.05) is 6.61 Å². The van der Waals surface area contributed by atoms with Crippen LogP contribution < -0.4 is 4.74 Å². The van der Waals surface area contributed by atoms with Crippen molar-refractivity contribution in [2.24, 2.45) is 5.92 Å². The molecule has 2 nitrogen and oxygen atoms in total. The molecule has 1 saturated carbocycles. The Morgan fingerprint density at radius 3 is 2.73 bits per heavy atom. The number of benzene rings is 1. The van der Waals surface area contributed by atoms with E-state index < -0.39 is 0 Å². The number of phenolic OH excluding ortho intramolecular Hbond substituents is 1. The lowest BCUT2D eigenvalue weighted by molar-refractivity contribution is 0.294. The van der Waals surface area contributed by atoms with Gasteiger partial charge in [-0.2, -0.15) is 0 Å². The number of ether oxygens (including phenoxy) is 1. The van der Waals surface area contributed by atoms with Crippen LogP contribution in [-0.4, -0.2) is 11.7 Å². The lowest BCUT2D eigenvalue weighted by Gasteiger charge is -2.14. The molecule has 0 spiro atoms. The first-order valence-corrected chi connectivity index (χ1v) is 5.62. The summed E-state index contributed by atoms with van der Waals surface area (Å²) >= 11 is 0. The molecule has 2 rings (SSSR count). The first-order chi connectivity index (χ1) is 7.16. The second-order valence-corrected chi connectivity index (χ2v) is 4.63. The molecule has 0 saturated heterocycles. The van der Waals surface area contributed by atoms with Crippen molar-refractivity contribution < 1.29 is 9.84 Å². The Morgan fingerprint density at radius 1 is 1.40 bits per heavy atom. The van der Waals surface area contributed by atoms with Crippen molar-refractivity contribution in [1.82, 2.24) is 0 Å². The molecule has 1 fully saturated rings. The van der Waals surface area contributed by atoms with Gasteiger partial charge in [0.25, 0.3) is 0 Å². The Labute approximate surface area is 90.9 Å². The van der Waals surface area contributed by atoms with Gasteiger partial charge in [-0.05, 0) is 36.3 Å². The lowest BCUT2D eigenvalue weighted by Crippen LogP contribution is -2.02. The molecule has 82 valence electrons. The fourth-order valence-electron chi connectivity index (χ4n) is 1.62. The molecule has 1 N–H and O–H groups in total.